The van der Waals surface area contributed by atoms with Crippen molar-refractivity contribution in [1.29, 1.82) is 0 Å². The van der Waals surface area contributed by atoms with E-state index in [9.17, 15) is 10.1 Å². The number of nitrogens with zero attached hydrogens (tertiary/aromatic N) is 1. The van der Waals surface area contributed by atoms with Crippen molar-refractivity contribution >= 4 is 17.0 Å². The van der Waals surface area contributed by atoms with Crippen molar-refractivity contribution in [2.24, 2.45) is 0 Å². The summed E-state index contributed by atoms with van der Waals surface area (Å²) in [6.45, 7) is 0. The number of hydrogen-bond donors (Lipinski definition) is 0. The lowest BCUT2D eigenvalue weighted by Gasteiger charge is -2.14. The van der Waals surface area contributed by atoms with Crippen molar-refractivity contribution in [3.05, 3.63) is 51.9 Å². The van der Waals surface area contributed by atoms with E-state index in [1.165, 1.54) is 24.5 Å². The smallest absolute Gasteiger partial charge is 0.311 e. The van der Waals surface area contributed by atoms with Crippen molar-refractivity contribution in [2.45, 2.75) is 0 Å². The van der Waals surface area contributed by atoms with E-state index in [4.69, 9.17) is 18.9 Å². The lowest BCUT2D eigenvalue weighted by Crippen LogP contribution is -1.96. The van der Waals surface area contributed by atoms with Gasteiger partial charge < -0.3 is 18.9 Å². The van der Waals surface area contributed by atoms with E-state index in [1.807, 2.05) is 23.6 Å². The molecule has 1 heterocycles. The van der Waals surface area contributed by atoms with Crippen LogP contribution in [0.25, 0.3) is 21.6 Å². The molecule has 0 bridgehead atoms. The third-order valence-electron chi connectivity index (χ3n) is 4.28. The van der Waals surface area contributed by atoms with Gasteiger partial charge in [0.25, 0.3) is 0 Å². The minimum Gasteiger partial charge on any atom is -0.493 e. The molecule has 0 aliphatic heterocycles. The Morgan fingerprint density at radius 1 is 0.821 bits per heavy atom. The summed E-state index contributed by atoms with van der Waals surface area (Å²) < 4.78 is 21.3. The van der Waals surface area contributed by atoms with Crippen LogP contribution in [0.3, 0.4) is 0 Å². The Bertz CT molecular complexity index is 989. The molecule has 8 heteroatoms. The van der Waals surface area contributed by atoms with Gasteiger partial charge in [0.2, 0.25) is 5.75 Å². The SMILES string of the molecule is COc1ccc(-c2ccsc2-c2cc(OC)c(OC)c(OC)c2)cc1[N+](=O)[O-]. The molecule has 146 valence electrons. The zero-order chi connectivity index (χ0) is 20.3. The van der Waals surface area contributed by atoms with Crippen LogP contribution in [0, 0.1) is 10.1 Å². The molecule has 0 fully saturated rings. The third-order valence-corrected chi connectivity index (χ3v) is 5.24. The molecule has 0 unspecified atom stereocenters. The lowest BCUT2D eigenvalue weighted by atomic mass is 10.0. The Labute approximate surface area is 166 Å². The van der Waals surface area contributed by atoms with Gasteiger partial charge in [-0.3, -0.25) is 10.1 Å². The monoisotopic (exact) mass is 401 g/mol. The van der Waals surface area contributed by atoms with Gasteiger partial charge in [0.05, 0.1) is 33.4 Å². The third kappa shape index (κ3) is 3.46. The van der Waals surface area contributed by atoms with Crippen LogP contribution in [0.15, 0.2) is 41.8 Å². The van der Waals surface area contributed by atoms with Crippen molar-refractivity contribution in [3.8, 4) is 44.6 Å². The quantitative estimate of drug-likeness (QED) is 0.408. The maximum atomic E-state index is 11.4. The van der Waals surface area contributed by atoms with Gasteiger partial charge >= 0.3 is 5.69 Å². The molecule has 0 aliphatic carbocycles. The maximum Gasteiger partial charge on any atom is 0.311 e. The highest BCUT2D eigenvalue weighted by atomic mass is 32.1. The van der Waals surface area contributed by atoms with Crippen LogP contribution in [-0.4, -0.2) is 33.4 Å². The topological polar surface area (TPSA) is 80.1 Å². The van der Waals surface area contributed by atoms with Crippen LogP contribution >= 0.6 is 11.3 Å². The number of methoxy groups -OCH3 is 4. The van der Waals surface area contributed by atoms with E-state index in [0.717, 1.165) is 21.6 Å². The van der Waals surface area contributed by atoms with Gasteiger partial charge in [-0.15, -0.1) is 11.3 Å². The maximum absolute atomic E-state index is 11.4. The van der Waals surface area contributed by atoms with Crippen LogP contribution < -0.4 is 18.9 Å². The average molecular weight is 401 g/mol. The van der Waals surface area contributed by atoms with Gasteiger partial charge in [-0.25, -0.2) is 0 Å². The molecule has 2 aromatic carbocycles. The van der Waals surface area contributed by atoms with Crippen LogP contribution in [0.1, 0.15) is 0 Å². The molecule has 0 radical (unpaired) electrons. The van der Waals surface area contributed by atoms with Gasteiger partial charge in [-0.1, -0.05) is 6.07 Å². The largest absolute Gasteiger partial charge is 0.493 e. The van der Waals surface area contributed by atoms with E-state index in [-0.39, 0.29) is 11.4 Å². The molecule has 0 spiro atoms. The predicted molar refractivity (Wildman–Crippen MR) is 108 cm³/mol. The van der Waals surface area contributed by atoms with E-state index >= 15 is 0 Å². The Kier molecular flexibility index (Phi) is 5.70. The van der Waals surface area contributed by atoms with Crippen molar-refractivity contribution < 1.29 is 23.9 Å². The summed E-state index contributed by atoms with van der Waals surface area (Å²) in [7, 11) is 6.08. The molecule has 28 heavy (non-hydrogen) atoms. The second-order valence-electron chi connectivity index (χ2n) is 5.72. The van der Waals surface area contributed by atoms with Gasteiger partial charge in [0, 0.05) is 16.5 Å². The van der Waals surface area contributed by atoms with Crippen molar-refractivity contribution in [1.82, 2.24) is 0 Å². The molecule has 7 nitrogen and oxygen atoms in total. The molecular weight excluding hydrogens is 382 g/mol. The van der Waals surface area contributed by atoms with E-state index in [2.05, 4.69) is 0 Å². The normalized spacial score (nSPS) is 10.4. The Hall–Kier alpha value is -3.26. The molecule has 3 rings (SSSR count). The highest BCUT2D eigenvalue weighted by molar-refractivity contribution is 7.14. The standard InChI is InChI=1S/C20H19NO6S/c1-24-16-6-5-12(9-15(16)21(22)23)14-7-8-28-20(14)13-10-17(25-2)19(27-4)18(11-13)26-3/h5-11H,1-4H3. The van der Waals surface area contributed by atoms with Gasteiger partial charge in [0.1, 0.15) is 0 Å². The lowest BCUT2D eigenvalue weighted by molar-refractivity contribution is -0.385. The first-order chi connectivity index (χ1) is 13.5. The van der Waals surface area contributed by atoms with Crippen molar-refractivity contribution in [2.75, 3.05) is 28.4 Å². The van der Waals surface area contributed by atoms with Gasteiger partial charge in [0.15, 0.2) is 17.2 Å². The number of hydrogen-bond acceptors (Lipinski definition) is 7. The highest BCUT2D eigenvalue weighted by Gasteiger charge is 2.20. The highest BCUT2D eigenvalue weighted by Crippen LogP contribution is 2.45. The number of ether oxygens (including phenoxy) is 4. The first-order valence-corrected chi connectivity index (χ1v) is 9.12. The zero-order valence-electron chi connectivity index (χ0n) is 15.8. The fourth-order valence-electron chi connectivity index (χ4n) is 2.97. The second kappa shape index (κ2) is 8.18. The Balaban J connectivity index is 2.16. The molecular formula is C20H19NO6S. The minimum atomic E-state index is -0.451. The second-order valence-corrected chi connectivity index (χ2v) is 6.64. The average Bonchev–Trinajstić information content (AvgIpc) is 3.21. The summed E-state index contributed by atoms with van der Waals surface area (Å²) in [6.07, 6.45) is 0. The number of benzene rings is 2. The van der Waals surface area contributed by atoms with E-state index in [0.29, 0.717) is 17.2 Å². The summed E-state index contributed by atoms with van der Waals surface area (Å²) in [5.41, 5.74) is 2.36. The number of thiophene rings is 1. The summed E-state index contributed by atoms with van der Waals surface area (Å²) >= 11 is 1.52. The van der Waals surface area contributed by atoms with Crippen LogP contribution in [-0.2, 0) is 0 Å². The predicted octanol–water partition coefficient (Wildman–Crippen LogP) is 5.02. The summed E-state index contributed by atoms with van der Waals surface area (Å²) in [5.74, 6) is 1.80. The van der Waals surface area contributed by atoms with E-state index in [1.54, 1.807) is 33.5 Å². The van der Waals surface area contributed by atoms with Gasteiger partial charge in [-0.05, 0) is 40.8 Å². The summed E-state index contributed by atoms with van der Waals surface area (Å²) in [4.78, 5) is 11.9. The molecule has 0 aliphatic rings. The van der Waals surface area contributed by atoms with Crippen LogP contribution in [0.5, 0.6) is 23.0 Å². The fourth-order valence-corrected chi connectivity index (χ4v) is 3.88. The fraction of sp³-hybridized carbons (Fsp3) is 0.200. The van der Waals surface area contributed by atoms with Crippen LogP contribution in [0.4, 0.5) is 5.69 Å². The molecule has 0 N–H and O–H groups in total. The zero-order valence-corrected chi connectivity index (χ0v) is 16.7. The number of nitro benzene ring substituents is 1. The van der Waals surface area contributed by atoms with Crippen molar-refractivity contribution in [3.63, 3.8) is 0 Å². The first kappa shape index (κ1) is 19.5. The summed E-state index contributed by atoms with van der Waals surface area (Å²) in [6, 6.07) is 10.6. The molecule has 0 atom stereocenters. The first-order valence-electron chi connectivity index (χ1n) is 8.24. The van der Waals surface area contributed by atoms with Crippen LogP contribution in [0.2, 0.25) is 0 Å². The van der Waals surface area contributed by atoms with E-state index < -0.39 is 4.92 Å². The summed E-state index contributed by atoms with van der Waals surface area (Å²) in [5, 5.41) is 13.3. The Morgan fingerprint density at radius 2 is 1.46 bits per heavy atom. The Morgan fingerprint density at radius 3 is 2.00 bits per heavy atom. The number of nitro groups is 1. The molecule has 1 aromatic heterocycles. The minimum absolute atomic E-state index is 0.0814. The molecule has 3 aromatic rings. The number of rotatable bonds is 7. The molecule has 0 saturated carbocycles. The molecule has 0 saturated heterocycles. The van der Waals surface area contributed by atoms with Gasteiger partial charge in [-0.2, -0.15) is 0 Å². The molecule has 0 amide bonds.